The van der Waals surface area contributed by atoms with Crippen molar-refractivity contribution >= 4 is 17.5 Å². The second kappa shape index (κ2) is 6.91. The first kappa shape index (κ1) is 16.8. The van der Waals surface area contributed by atoms with Gasteiger partial charge in [0.2, 0.25) is 5.95 Å². The van der Waals surface area contributed by atoms with Gasteiger partial charge in [0.25, 0.3) is 5.91 Å². The minimum absolute atomic E-state index is 0.215. The molecule has 0 bridgehead atoms. The molecule has 3 aromatic rings. The van der Waals surface area contributed by atoms with Crippen LogP contribution in [0.2, 0.25) is 0 Å². The number of nitrogens with zero attached hydrogens (tertiary/aromatic N) is 4. The van der Waals surface area contributed by atoms with E-state index in [1.807, 2.05) is 19.1 Å². The molecule has 0 saturated heterocycles. The average Bonchev–Trinajstić information content (AvgIpc) is 3.16. The number of anilines is 2. The molecule has 3 heterocycles. The van der Waals surface area contributed by atoms with E-state index in [4.69, 9.17) is 4.74 Å². The van der Waals surface area contributed by atoms with Gasteiger partial charge in [-0.25, -0.2) is 4.68 Å². The number of ether oxygens (including phenoxy) is 1. The molecule has 1 atom stereocenters. The van der Waals surface area contributed by atoms with Gasteiger partial charge in [-0.1, -0.05) is 0 Å². The molecule has 0 radical (unpaired) electrons. The quantitative estimate of drug-likeness (QED) is 0.741. The number of carbonyl (C=O) groups excluding carboxylic acids is 1. The van der Waals surface area contributed by atoms with E-state index in [2.05, 4.69) is 25.7 Å². The third kappa shape index (κ3) is 3.12. The summed E-state index contributed by atoms with van der Waals surface area (Å²) in [6.45, 7) is 1.86. The summed E-state index contributed by atoms with van der Waals surface area (Å²) in [5.41, 5.74) is 2.87. The lowest BCUT2D eigenvalue weighted by atomic mass is 9.96. The van der Waals surface area contributed by atoms with Crippen LogP contribution >= 0.6 is 0 Å². The molecular formula is C19H18N6O2. The van der Waals surface area contributed by atoms with Gasteiger partial charge in [0.15, 0.2) is 0 Å². The van der Waals surface area contributed by atoms with Crippen LogP contribution < -0.4 is 15.4 Å². The highest BCUT2D eigenvalue weighted by atomic mass is 16.5. The summed E-state index contributed by atoms with van der Waals surface area (Å²) in [6, 6.07) is 10.5. The Kier molecular flexibility index (Phi) is 4.29. The molecule has 8 nitrogen and oxygen atoms in total. The summed E-state index contributed by atoms with van der Waals surface area (Å²) in [7, 11) is 1.60. The number of hydrogen-bond acceptors (Lipinski definition) is 6. The van der Waals surface area contributed by atoms with Gasteiger partial charge in [0, 0.05) is 23.8 Å². The van der Waals surface area contributed by atoms with Crippen molar-refractivity contribution in [3.8, 4) is 5.75 Å². The number of pyridine rings is 1. The van der Waals surface area contributed by atoms with Crippen LogP contribution in [0.25, 0.3) is 0 Å². The summed E-state index contributed by atoms with van der Waals surface area (Å²) in [4.78, 5) is 21.4. The largest absolute Gasteiger partial charge is 0.497 e. The standard InChI is InChI=1S/C19H18N6O2/c1-12-16(18(26)24-14-3-5-15(27-2)6-4-14)17(13-7-9-20-10-8-13)25-19(23-12)21-11-22-25/h3-11,17H,1-2H3,(H,24,26)(H,21,22,23)/t17-/m0/s1. The molecule has 0 aliphatic carbocycles. The lowest BCUT2D eigenvalue weighted by Gasteiger charge is -2.28. The maximum atomic E-state index is 13.1. The fourth-order valence-electron chi connectivity index (χ4n) is 3.11. The van der Waals surface area contributed by atoms with Crippen LogP contribution in [-0.4, -0.2) is 32.8 Å². The van der Waals surface area contributed by atoms with Crippen LogP contribution in [0.4, 0.5) is 11.6 Å². The first-order valence-electron chi connectivity index (χ1n) is 8.40. The molecule has 0 unspecified atom stereocenters. The van der Waals surface area contributed by atoms with Crippen molar-refractivity contribution in [3.05, 3.63) is 72.0 Å². The maximum absolute atomic E-state index is 13.1. The van der Waals surface area contributed by atoms with Crippen molar-refractivity contribution in [2.45, 2.75) is 13.0 Å². The number of nitrogens with one attached hydrogen (secondary N) is 2. The summed E-state index contributed by atoms with van der Waals surface area (Å²) in [5, 5.41) is 10.4. The minimum atomic E-state index is -0.398. The summed E-state index contributed by atoms with van der Waals surface area (Å²) in [6.07, 6.45) is 4.86. The van der Waals surface area contributed by atoms with E-state index in [1.165, 1.54) is 6.33 Å². The van der Waals surface area contributed by atoms with E-state index >= 15 is 0 Å². The van der Waals surface area contributed by atoms with E-state index in [9.17, 15) is 4.79 Å². The predicted molar refractivity (Wildman–Crippen MR) is 100 cm³/mol. The van der Waals surface area contributed by atoms with Crippen molar-refractivity contribution in [1.29, 1.82) is 0 Å². The van der Waals surface area contributed by atoms with Gasteiger partial charge < -0.3 is 15.4 Å². The monoisotopic (exact) mass is 362 g/mol. The minimum Gasteiger partial charge on any atom is -0.497 e. The number of carbonyl (C=O) groups is 1. The zero-order chi connectivity index (χ0) is 18.8. The highest BCUT2D eigenvalue weighted by Gasteiger charge is 2.33. The smallest absolute Gasteiger partial charge is 0.255 e. The van der Waals surface area contributed by atoms with Crippen LogP contribution in [0.3, 0.4) is 0 Å². The zero-order valence-corrected chi connectivity index (χ0v) is 14.9. The molecule has 1 aliphatic rings. The Morgan fingerprint density at radius 2 is 1.93 bits per heavy atom. The summed E-state index contributed by atoms with van der Waals surface area (Å²) >= 11 is 0. The number of amides is 1. The van der Waals surface area contributed by atoms with Crippen LogP contribution in [0.1, 0.15) is 18.5 Å². The molecule has 2 aromatic heterocycles. The van der Waals surface area contributed by atoms with Crippen molar-refractivity contribution in [2.24, 2.45) is 0 Å². The Morgan fingerprint density at radius 1 is 1.19 bits per heavy atom. The molecule has 27 heavy (non-hydrogen) atoms. The normalized spacial score (nSPS) is 15.7. The number of methoxy groups -OCH3 is 1. The molecule has 8 heteroatoms. The second-order valence-electron chi connectivity index (χ2n) is 6.06. The van der Waals surface area contributed by atoms with Gasteiger partial charge in [-0.2, -0.15) is 10.1 Å². The lowest BCUT2D eigenvalue weighted by Crippen LogP contribution is -2.31. The van der Waals surface area contributed by atoms with Crippen molar-refractivity contribution in [3.63, 3.8) is 0 Å². The van der Waals surface area contributed by atoms with E-state index in [0.717, 1.165) is 17.0 Å². The van der Waals surface area contributed by atoms with E-state index < -0.39 is 6.04 Å². The van der Waals surface area contributed by atoms with E-state index in [1.54, 1.807) is 48.5 Å². The molecule has 1 amide bonds. The fourth-order valence-corrected chi connectivity index (χ4v) is 3.11. The first-order chi connectivity index (χ1) is 13.2. The van der Waals surface area contributed by atoms with Crippen molar-refractivity contribution in [2.75, 3.05) is 17.7 Å². The van der Waals surface area contributed by atoms with Crippen LogP contribution in [0.15, 0.2) is 66.4 Å². The van der Waals surface area contributed by atoms with E-state index in [-0.39, 0.29) is 5.91 Å². The summed E-state index contributed by atoms with van der Waals surface area (Å²) < 4.78 is 6.86. The van der Waals surface area contributed by atoms with Gasteiger partial charge in [-0.15, -0.1) is 0 Å². The molecule has 4 rings (SSSR count). The SMILES string of the molecule is COc1ccc(NC(=O)C2=C(C)Nc3ncnn3[C@H]2c2ccncc2)cc1. The fraction of sp³-hybridized carbons (Fsp3) is 0.158. The summed E-state index contributed by atoms with van der Waals surface area (Å²) in [5.74, 6) is 1.10. The maximum Gasteiger partial charge on any atom is 0.255 e. The molecule has 0 spiro atoms. The predicted octanol–water partition coefficient (Wildman–Crippen LogP) is 2.61. The number of benzene rings is 1. The molecule has 0 fully saturated rings. The average molecular weight is 362 g/mol. The third-order valence-corrected chi connectivity index (χ3v) is 4.41. The third-order valence-electron chi connectivity index (χ3n) is 4.41. The molecule has 1 aliphatic heterocycles. The molecule has 0 saturated carbocycles. The highest BCUT2D eigenvalue weighted by molar-refractivity contribution is 6.06. The van der Waals surface area contributed by atoms with Crippen molar-refractivity contribution < 1.29 is 9.53 Å². The van der Waals surface area contributed by atoms with E-state index in [0.29, 0.717) is 17.2 Å². The second-order valence-corrected chi connectivity index (χ2v) is 6.06. The van der Waals surface area contributed by atoms with Gasteiger partial charge in [0.05, 0.1) is 12.7 Å². The Balaban J connectivity index is 1.70. The molecule has 2 N–H and O–H groups in total. The van der Waals surface area contributed by atoms with Gasteiger partial charge >= 0.3 is 0 Å². The number of rotatable bonds is 4. The van der Waals surface area contributed by atoms with Crippen LogP contribution in [0.5, 0.6) is 5.75 Å². The molecule has 136 valence electrons. The number of fused-ring (bicyclic) bond motifs is 1. The zero-order valence-electron chi connectivity index (χ0n) is 14.9. The van der Waals surface area contributed by atoms with Gasteiger partial charge in [0.1, 0.15) is 18.1 Å². The van der Waals surface area contributed by atoms with Crippen molar-refractivity contribution in [1.82, 2.24) is 19.7 Å². The number of hydrogen-bond donors (Lipinski definition) is 2. The molecule has 1 aromatic carbocycles. The van der Waals surface area contributed by atoms with Crippen LogP contribution in [0, 0.1) is 0 Å². The Bertz CT molecular complexity index is 995. The van der Waals surface area contributed by atoms with Gasteiger partial charge in [-0.3, -0.25) is 9.78 Å². The van der Waals surface area contributed by atoms with Crippen LogP contribution in [-0.2, 0) is 4.79 Å². The Labute approximate surface area is 155 Å². The highest BCUT2D eigenvalue weighted by Crippen LogP contribution is 2.34. The topological polar surface area (TPSA) is 94.0 Å². The molecular weight excluding hydrogens is 344 g/mol. The number of aromatic nitrogens is 4. The first-order valence-corrected chi connectivity index (χ1v) is 8.40. The van der Waals surface area contributed by atoms with Gasteiger partial charge in [-0.05, 0) is 48.9 Å². The number of allylic oxidation sites excluding steroid dienone is 1. The Morgan fingerprint density at radius 3 is 2.63 bits per heavy atom. The lowest BCUT2D eigenvalue weighted by molar-refractivity contribution is -0.113. The Hall–Kier alpha value is -3.68.